The molecule has 1 atom stereocenters. The Balaban J connectivity index is 1.52. The van der Waals surface area contributed by atoms with Gasteiger partial charge in [0, 0.05) is 6.42 Å². The average Bonchev–Trinajstić information content (AvgIpc) is 2.96. The molecule has 2 N–H and O–H groups in total. The van der Waals surface area contributed by atoms with Crippen LogP contribution in [0.5, 0.6) is 5.75 Å². The van der Waals surface area contributed by atoms with E-state index in [9.17, 15) is 41.0 Å². The number of alkyl halides is 6. The third-order valence-electron chi connectivity index (χ3n) is 6.49. The summed E-state index contributed by atoms with van der Waals surface area (Å²) < 4.78 is 82.8. The minimum absolute atomic E-state index is 0.0410. The van der Waals surface area contributed by atoms with E-state index in [1.165, 1.54) is 42.5 Å². The minimum atomic E-state index is -4.51. The molecule has 11 heteroatoms. The molecule has 0 bridgehead atoms. The van der Waals surface area contributed by atoms with E-state index in [2.05, 4.69) is 5.32 Å². The summed E-state index contributed by atoms with van der Waals surface area (Å²) in [6.45, 7) is 0. The highest BCUT2D eigenvalue weighted by atomic mass is 19.4. The molecule has 0 aliphatic carbocycles. The Bertz CT molecular complexity index is 1580. The average molecular weight is 588 g/mol. The molecule has 1 unspecified atom stereocenters. The van der Waals surface area contributed by atoms with Crippen LogP contribution in [0.1, 0.15) is 27.0 Å². The van der Waals surface area contributed by atoms with E-state index in [1.807, 2.05) is 0 Å². The van der Waals surface area contributed by atoms with Crippen molar-refractivity contribution in [1.29, 1.82) is 0 Å². The molecule has 1 amide bonds. The molecule has 0 spiro atoms. The van der Waals surface area contributed by atoms with Gasteiger partial charge in [0.05, 0.1) is 23.8 Å². The molecule has 0 saturated heterocycles. The molecule has 0 aliphatic heterocycles. The smallest absolute Gasteiger partial charge is 0.416 e. The number of phenols is 1. The number of amides is 1. The number of halogens is 6. The molecule has 0 aromatic heterocycles. The van der Waals surface area contributed by atoms with Crippen molar-refractivity contribution in [3.8, 4) is 28.0 Å². The monoisotopic (exact) mass is 587 g/mol. The van der Waals surface area contributed by atoms with Gasteiger partial charge in [0.2, 0.25) is 0 Å². The van der Waals surface area contributed by atoms with E-state index in [0.717, 1.165) is 31.4 Å². The predicted octanol–water partition coefficient (Wildman–Crippen LogP) is 7.28. The number of hydrogen-bond donors (Lipinski definition) is 2. The molecule has 4 rings (SSSR count). The van der Waals surface area contributed by atoms with Crippen LogP contribution in [0.2, 0.25) is 0 Å². The molecule has 0 saturated carbocycles. The number of carbonyl (C=O) groups excluding carboxylic acids is 2. The Hall–Kier alpha value is -4.80. The molecule has 0 fully saturated rings. The highest BCUT2D eigenvalue weighted by molar-refractivity contribution is 6.00. The zero-order valence-electron chi connectivity index (χ0n) is 21.9. The Morgan fingerprint density at radius 3 is 1.86 bits per heavy atom. The second-order valence-electron chi connectivity index (χ2n) is 9.34. The maximum atomic E-state index is 13.1. The Kier molecular flexibility index (Phi) is 8.60. The Labute approximate surface area is 236 Å². The number of benzene rings is 4. The lowest BCUT2D eigenvalue weighted by Gasteiger charge is -2.18. The van der Waals surface area contributed by atoms with Crippen LogP contribution in [-0.4, -0.2) is 30.1 Å². The van der Waals surface area contributed by atoms with E-state index in [4.69, 9.17) is 4.74 Å². The molecule has 0 aliphatic rings. The fourth-order valence-corrected chi connectivity index (χ4v) is 4.26. The SMILES string of the molecule is COC(=O)C(Cc1ccc(-c2cccc(C(F)(F)F)c2)cc1)NC(=O)c1cc(-c2ccc(C(F)(F)F)cc2)ccc1O. The number of methoxy groups -OCH3 is 1. The van der Waals surface area contributed by atoms with Crippen molar-refractivity contribution in [2.45, 2.75) is 24.8 Å². The molecule has 4 aromatic rings. The number of phenolic OH excluding ortho intramolecular Hbond substituents is 1. The molecule has 0 radical (unpaired) electrons. The summed E-state index contributed by atoms with van der Waals surface area (Å²) in [6.07, 6.45) is -9.05. The number of carbonyl (C=O) groups is 2. The zero-order chi connectivity index (χ0) is 30.7. The van der Waals surface area contributed by atoms with Gasteiger partial charge >= 0.3 is 18.3 Å². The molecule has 218 valence electrons. The maximum Gasteiger partial charge on any atom is 0.416 e. The van der Waals surface area contributed by atoms with Crippen LogP contribution in [0.4, 0.5) is 26.3 Å². The minimum Gasteiger partial charge on any atom is -0.507 e. The van der Waals surface area contributed by atoms with Crippen molar-refractivity contribution in [2.24, 2.45) is 0 Å². The second kappa shape index (κ2) is 12.0. The molecule has 5 nitrogen and oxygen atoms in total. The van der Waals surface area contributed by atoms with Crippen LogP contribution >= 0.6 is 0 Å². The molecular weight excluding hydrogens is 564 g/mol. The fraction of sp³-hybridized carbons (Fsp3) is 0.161. The lowest BCUT2D eigenvalue weighted by atomic mass is 9.98. The van der Waals surface area contributed by atoms with Gasteiger partial charge in [0.25, 0.3) is 5.91 Å². The third kappa shape index (κ3) is 7.09. The van der Waals surface area contributed by atoms with E-state index >= 15 is 0 Å². The number of aromatic hydroxyl groups is 1. The van der Waals surface area contributed by atoms with Crippen LogP contribution < -0.4 is 5.32 Å². The van der Waals surface area contributed by atoms with Gasteiger partial charge in [-0.25, -0.2) is 4.79 Å². The highest BCUT2D eigenvalue weighted by Crippen LogP contribution is 2.33. The van der Waals surface area contributed by atoms with E-state index < -0.39 is 47.1 Å². The lowest BCUT2D eigenvalue weighted by Crippen LogP contribution is -2.43. The number of hydrogen-bond acceptors (Lipinski definition) is 4. The second-order valence-corrected chi connectivity index (χ2v) is 9.34. The van der Waals surface area contributed by atoms with Crippen molar-refractivity contribution in [1.82, 2.24) is 5.32 Å². The largest absolute Gasteiger partial charge is 0.507 e. The quantitative estimate of drug-likeness (QED) is 0.176. The van der Waals surface area contributed by atoms with Crippen molar-refractivity contribution < 1.29 is 45.8 Å². The molecule has 0 heterocycles. The Morgan fingerprint density at radius 2 is 1.29 bits per heavy atom. The van der Waals surface area contributed by atoms with Crippen molar-refractivity contribution in [3.63, 3.8) is 0 Å². The van der Waals surface area contributed by atoms with Gasteiger partial charge < -0.3 is 15.2 Å². The van der Waals surface area contributed by atoms with Gasteiger partial charge in [-0.3, -0.25) is 4.79 Å². The van der Waals surface area contributed by atoms with E-state index in [-0.39, 0.29) is 12.0 Å². The van der Waals surface area contributed by atoms with Gasteiger partial charge in [0.1, 0.15) is 11.8 Å². The van der Waals surface area contributed by atoms with Gasteiger partial charge in [-0.15, -0.1) is 0 Å². The zero-order valence-corrected chi connectivity index (χ0v) is 21.9. The first kappa shape index (κ1) is 30.2. The first-order valence-electron chi connectivity index (χ1n) is 12.4. The summed E-state index contributed by atoms with van der Waals surface area (Å²) in [5.41, 5.74) is 0.278. The molecule has 42 heavy (non-hydrogen) atoms. The molecule has 4 aromatic carbocycles. The topological polar surface area (TPSA) is 75.6 Å². The fourth-order valence-electron chi connectivity index (χ4n) is 4.26. The third-order valence-corrected chi connectivity index (χ3v) is 6.49. The Morgan fingerprint density at radius 1 is 0.738 bits per heavy atom. The summed E-state index contributed by atoms with van der Waals surface area (Å²) in [6, 6.07) is 18.2. The summed E-state index contributed by atoms with van der Waals surface area (Å²) in [5, 5.41) is 12.8. The number of rotatable bonds is 7. The van der Waals surface area contributed by atoms with Crippen LogP contribution in [0.15, 0.2) is 91.0 Å². The normalized spacial score (nSPS) is 12.5. The first-order valence-corrected chi connectivity index (χ1v) is 12.4. The highest BCUT2D eigenvalue weighted by Gasteiger charge is 2.31. The summed E-state index contributed by atoms with van der Waals surface area (Å²) >= 11 is 0. The maximum absolute atomic E-state index is 13.1. The molecular formula is C31H23F6NO4. The van der Waals surface area contributed by atoms with Gasteiger partial charge in [-0.2, -0.15) is 26.3 Å². The van der Waals surface area contributed by atoms with Crippen molar-refractivity contribution >= 4 is 11.9 Å². The first-order chi connectivity index (χ1) is 19.8. The number of nitrogens with one attached hydrogen (secondary N) is 1. The summed E-state index contributed by atoms with van der Waals surface area (Å²) in [4.78, 5) is 25.6. The van der Waals surface area contributed by atoms with Crippen LogP contribution in [0.25, 0.3) is 22.3 Å². The van der Waals surface area contributed by atoms with Gasteiger partial charge in [0.15, 0.2) is 0 Å². The number of esters is 1. The van der Waals surface area contributed by atoms with Crippen molar-refractivity contribution in [3.05, 3.63) is 113 Å². The van der Waals surface area contributed by atoms with Crippen LogP contribution in [0, 0.1) is 0 Å². The van der Waals surface area contributed by atoms with Gasteiger partial charge in [-0.05, 0) is 64.2 Å². The standard InChI is InChI=1S/C31H23F6NO4/c1-42-29(41)26(15-18-5-7-19(8-6-18)21-3-2-4-24(16-21)31(35,36)37)38-28(40)25-17-22(11-14-27(25)39)20-9-12-23(13-10-20)30(32,33)34/h2-14,16-17,26,39H,15H2,1H3,(H,38,40). The van der Waals surface area contributed by atoms with Gasteiger partial charge in [-0.1, -0.05) is 54.6 Å². The summed E-state index contributed by atoms with van der Waals surface area (Å²) in [5.74, 6) is -2.04. The van der Waals surface area contributed by atoms with Crippen LogP contribution in [0.3, 0.4) is 0 Å². The van der Waals surface area contributed by atoms with E-state index in [1.54, 1.807) is 24.3 Å². The predicted molar refractivity (Wildman–Crippen MR) is 142 cm³/mol. The number of ether oxygens (including phenoxy) is 1. The van der Waals surface area contributed by atoms with Crippen molar-refractivity contribution in [2.75, 3.05) is 7.11 Å². The van der Waals surface area contributed by atoms with Crippen LogP contribution in [-0.2, 0) is 28.3 Å². The lowest BCUT2D eigenvalue weighted by molar-refractivity contribution is -0.143. The summed E-state index contributed by atoms with van der Waals surface area (Å²) in [7, 11) is 1.13. The van der Waals surface area contributed by atoms with E-state index in [0.29, 0.717) is 27.8 Å².